The van der Waals surface area contributed by atoms with Gasteiger partial charge in [-0.15, -0.1) is 0 Å². The standard InChI is InChI=1S/C15H18N2O4/c1-2-8-21-12-4-3-7-16-13(12)14(18)17-11-6-5-10(9-11)15(19)20/h2-4,7,10-11H,1,5-6,8-9H2,(H,17,18)(H,19,20)/t10-,11+/m0/s1. The molecule has 1 saturated carbocycles. The first-order chi connectivity index (χ1) is 10.1. The van der Waals surface area contributed by atoms with Crippen molar-refractivity contribution in [2.75, 3.05) is 6.61 Å². The molecule has 1 heterocycles. The molecule has 1 aromatic heterocycles. The first-order valence-corrected chi connectivity index (χ1v) is 6.84. The van der Waals surface area contributed by atoms with Crippen LogP contribution in [0.4, 0.5) is 0 Å². The summed E-state index contributed by atoms with van der Waals surface area (Å²) in [6.45, 7) is 3.84. The van der Waals surface area contributed by atoms with Gasteiger partial charge in [-0.3, -0.25) is 9.59 Å². The lowest BCUT2D eigenvalue weighted by Crippen LogP contribution is -2.34. The number of carbonyl (C=O) groups is 2. The monoisotopic (exact) mass is 290 g/mol. The molecular weight excluding hydrogens is 272 g/mol. The molecule has 0 saturated heterocycles. The number of hydrogen-bond donors (Lipinski definition) is 2. The Morgan fingerprint density at radius 1 is 1.52 bits per heavy atom. The van der Waals surface area contributed by atoms with Gasteiger partial charge in [0, 0.05) is 12.2 Å². The van der Waals surface area contributed by atoms with Crippen LogP contribution >= 0.6 is 0 Å². The number of carbonyl (C=O) groups excluding carboxylic acids is 1. The van der Waals surface area contributed by atoms with E-state index >= 15 is 0 Å². The zero-order valence-corrected chi connectivity index (χ0v) is 11.6. The number of rotatable bonds is 6. The summed E-state index contributed by atoms with van der Waals surface area (Å²) in [5.41, 5.74) is 0.207. The Hall–Kier alpha value is -2.37. The van der Waals surface area contributed by atoms with E-state index in [2.05, 4.69) is 16.9 Å². The molecule has 21 heavy (non-hydrogen) atoms. The molecule has 6 nitrogen and oxygen atoms in total. The number of carboxylic acid groups (broad SMARTS) is 1. The summed E-state index contributed by atoms with van der Waals surface area (Å²) in [5, 5.41) is 11.8. The molecule has 0 aromatic carbocycles. The molecule has 6 heteroatoms. The van der Waals surface area contributed by atoms with Crippen molar-refractivity contribution < 1.29 is 19.4 Å². The zero-order chi connectivity index (χ0) is 15.2. The Labute approximate surface area is 122 Å². The molecule has 2 N–H and O–H groups in total. The summed E-state index contributed by atoms with van der Waals surface area (Å²) < 4.78 is 5.40. The van der Waals surface area contributed by atoms with Crippen LogP contribution in [0.3, 0.4) is 0 Å². The van der Waals surface area contributed by atoms with E-state index in [1.165, 1.54) is 6.20 Å². The maximum absolute atomic E-state index is 12.2. The normalized spacial score (nSPS) is 20.8. The van der Waals surface area contributed by atoms with Crippen LogP contribution in [0.5, 0.6) is 5.75 Å². The summed E-state index contributed by atoms with van der Waals surface area (Å²) in [6, 6.07) is 3.22. The number of amides is 1. The van der Waals surface area contributed by atoms with Gasteiger partial charge in [0.1, 0.15) is 6.61 Å². The van der Waals surface area contributed by atoms with Crippen LogP contribution in [-0.4, -0.2) is 34.6 Å². The van der Waals surface area contributed by atoms with Crippen molar-refractivity contribution in [1.29, 1.82) is 0 Å². The van der Waals surface area contributed by atoms with E-state index in [0.29, 0.717) is 25.0 Å². The van der Waals surface area contributed by atoms with Gasteiger partial charge in [-0.05, 0) is 31.4 Å². The molecule has 2 atom stereocenters. The lowest BCUT2D eigenvalue weighted by Gasteiger charge is -2.14. The molecule has 112 valence electrons. The quantitative estimate of drug-likeness (QED) is 0.777. The highest BCUT2D eigenvalue weighted by Crippen LogP contribution is 2.26. The average Bonchev–Trinajstić information content (AvgIpc) is 2.94. The molecule has 1 amide bonds. The van der Waals surface area contributed by atoms with Gasteiger partial charge in [-0.25, -0.2) is 4.98 Å². The van der Waals surface area contributed by atoms with Gasteiger partial charge in [-0.1, -0.05) is 12.7 Å². The van der Waals surface area contributed by atoms with Gasteiger partial charge in [0.05, 0.1) is 5.92 Å². The molecule has 0 spiro atoms. The van der Waals surface area contributed by atoms with E-state index in [4.69, 9.17) is 9.84 Å². The second-order valence-corrected chi connectivity index (χ2v) is 4.97. The fourth-order valence-corrected chi connectivity index (χ4v) is 2.42. The van der Waals surface area contributed by atoms with Gasteiger partial charge < -0.3 is 15.2 Å². The summed E-state index contributed by atoms with van der Waals surface area (Å²) in [5.74, 6) is -1.14. The lowest BCUT2D eigenvalue weighted by molar-refractivity contribution is -0.141. The summed E-state index contributed by atoms with van der Waals surface area (Å²) in [4.78, 5) is 27.2. The Morgan fingerprint density at radius 2 is 2.33 bits per heavy atom. The second kappa shape index (κ2) is 6.88. The largest absolute Gasteiger partial charge is 0.487 e. The van der Waals surface area contributed by atoms with Crippen LogP contribution < -0.4 is 10.1 Å². The summed E-state index contributed by atoms with van der Waals surface area (Å²) in [6.07, 6.45) is 4.81. The van der Waals surface area contributed by atoms with Crippen LogP contribution in [-0.2, 0) is 4.79 Å². The van der Waals surface area contributed by atoms with Crippen molar-refractivity contribution in [3.63, 3.8) is 0 Å². The number of carboxylic acids is 1. The lowest BCUT2D eigenvalue weighted by atomic mass is 10.1. The Bertz CT molecular complexity index is 544. The van der Waals surface area contributed by atoms with Crippen LogP contribution in [0.15, 0.2) is 31.0 Å². The van der Waals surface area contributed by atoms with E-state index in [-0.39, 0.29) is 30.2 Å². The van der Waals surface area contributed by atoms with Gasteiger partial charge in [0.25, 0.3) is 5.91 Å². The van der Waals surface area contributed by atoms with Crippen LogP contribution in [0, 0.1) is 5.92 Å². The molecule has 1 aliphatic carbocycles. The number of nitrogens with one attached hydrogen (secondary N) is 1. The number of nitrogens with zero attached hydrogens (tertiary/aromatic N) is 1. The Kier molecular flexibility index (Phi) is 4.92. The predicted octanol–water partition coefficient (Wildman–Crippen LogP) is 1.63. The predicted molar refractivity (Wildman–Crippen MR) is 76.2 cm³/mol. The fourth-order valence-electron chi connectivity index (χ4n) is 2.42. The maximum atomic E-state index is 12.2. The van der Waals surface area contributed by atoms with Crippen molar-refractivity contribution >= 4 is 11.9 Å². The SMILES string of the molecule is C=CCOc1cccnc1C(=O)N[C@@H]1CC[C@H](C(=O)O)C1. The van der Waals surface area contributed by atoms with Crippen molar-refractivity contribution in [2.45, 2.75) is 25.3 Å². The minimum Gasteiger partial charge on any atom is -0.487 e. The third-order valence-corrected chi connectivity index (χ3v) is 3.46. The third kappa shape index (κ3) is 3.81. The van der Waals surface area contributed by atoms with E-state index in [0.717, 1.165) is 0 Å². The van der Waals surface area contributed by atoms with E-state index in [1.54, 1.807) is 18.2 Å². The molecule has 1 fully saturated rings. The molecule has 1 aromatic rings. The van der Waals surface area contributed by atoms with Crippen molar-refractivity contribution in [3.05, 3.63) is 36.7 Å². The zero-order valence-electron chi connectivity index (χ0n) is 11.6. The number of pyridine rings is 1. The van der Waals surface area contributed by atoms with Crippen LogP contribution in [0.1, 0.15) is 29.8 Å². The van der Waals surface area contributed by atoms with E-state index in [9.17, 15) is 9.59 Å². The van der Waals surface area contributed by atoms with Crippen LogP contribution in [0.25, 0.3) is 0 Å². The maximum Gasteiger partial charge on any atom is 0.306 e. The number of aliphatic carboxylic acids is 1. The molecule has 0 bridgehead atoms. The van der Waals surface area contributed by atoms with E-state index in [1.807, 2.05) is 0 Å². The third-order valence-electron chi connectivity index (χ3n) is 3.46. The first-order valence-electron chi connectivity index (χ1n) is 6.84. The minimum atomic E-state index is -0.806. The van der Waals surface area contributed by atoms with Gasteiger partial charge in [0.2, 0.25) is 0 Å². The molecule has 0 unspecified atom stereocenters. The molecular formula is C15H18N2O4. The Balaban J connectivity index is 2.00. The number of hydrogen-bond acceptors (Lipinski definition) is 4. The van der Waals surface area contributed by atoms with Crippen LogP contribution in [0.2, 0.25) is 0 Å². The highest BCUT2D eigenvalue weighted by Gasteiger charge is 2.31. The highest BCUT2D eigenvalue weighted by atomic mass is 16.5. The Morgan fingerprint density at radius 3 is 3.00 bits per heavy atom. The first kappa shape index (κ1) is 15.0. The summed E-state index contributed by atoms with van der Waals surface area (Å²) >= 11 is 0. The highest BCUT2D eigenvalue weighted by molar-refractivity contribution is 5.95. The van der Waals surface area contributed by atoms with Crippen molar-refractivity contribution in [2.24, 2.45) is 5.92 Å². The number of ether oxygens (including phenoxy) is 1. The molecule has 0 aliphatic heterocycles. The van der Waals surface area contributed by atoms with E-state index < -0.39 is 5.97 Å². The molecule has 2 rings (SSSR count). The van der Waals surface area contributed by atoms with Gasteiger partial charge >= 0.3 is 5.97 Å². The summed E-state index contributed by atoms with van der Waals surface area (Å²) in [7, 11) is 0. The van der Waals surface area contributed by atoms with Crippen molar-refractivity contribution in [3.8, 4) is 5.75 Å². The fraction of sp³-hybridized carbons (Fsp3) is 0.400. The molecule has 0 radical (unpaired) electrons. The average molecular weight is 290 g/mol. The van der Waals surface area contributed by atoms with Crippen molar-refractivity contribution in [1.82, 2.24) is 10.3 Å². The van der Waals surface area contributed by atoms with Gasteiger partial charge in [0.15, 0.2) is 11.4 Å². The minimum absolute atomic E-state index is 0.132. The molecule has 1 aliphatic rings. The van der Waals surface area contributed by atoms with Gasteiger partial charge in [-0.2, -0.15) is 0 Å². The second-order valence-electron chi connectivity index (χ2n) is 4.97. The smallest absolute Gasteiger partial charge is 0.306 e. The number of aromatic nitrogens is 1. The topological polar surface area (TPSA) is 88.5 Å².